The normalized spacial score (nSPS) is 16.0. The Hall–Kier alpha value is -3.37. The van der Waals surface area contributed by atoms with Crippen molar-refractivity contribution in [1.29, 1.82) is 0 Å². The molecule has 0 radical (unpaired) electrons. The summed E-state index contributed by atoms with van der Waals surface area (Å²) in [6.45, 7) is 0. The zero-order valence-electron chi connectivity index (χ0n) is 18.5. The average Bonchev–Trinajstić information content (AvgIpc) is 3.54. The van der Waals surface area contributed by atoms with Gasteiger partial charge in [-0.25, -0.2) is 8.78 Å². The number of hydrogen-bond donors (Lipinski definition) is 2. The molecule has 5 nitrogen and oxygen atoms in total. The molecule has 1 fully saturated rings. The van der Waals surface area contributed by atoms with E-state index in [0.717, 1.165) is 18.5 Å². The molecule has 3 aromatic rings. The molecular formula is C26H22ClF2N3O2. The van der Waals surface area contributed by atoms with Gasteiger partial charge in [0, 0.05) is 30.1 Å². The van der Waals surface area contributed by atoms with Crippen LogP contribution in [0.5, 0.6) is 5.75 Å². The summed E-state index contributed by atoms with van der Waals surface area (Å²) >= 11 is 6.31. The minimum absolute atomic E-state index is 0.0311. The number of para-hydroxylation sites is 1. The first-order valence-electron chi connectivity index (χ1n) is 11.1. The van der Waals surface area contributed by atoms with Gasteiger partial charge in [0.1, 0.15) is 0 Å². The van der Waals surface area contributed by atoms with Gasteiger partial charge in [0.25, 0.3) is 6.43 Å². The van der Waals surface area contributed by atoms with Crippen molar-refractivity contribution in [2.24, 2.45) is 5.41 Å². The molecule has 2 heterocycles. The number of nitrogens with one attached hydrogen (secondary N) is 2. The van der Waals surface area contributed by atoms with Crippen molar-refractivity contribution < 1.29 is 18.3 Å². The van der Waals surface area contributed by atoms with Crippen LogP contribution < -0.4 is 10.1 Å². The molecule has 5 rings (SSSR count). The summed E-state index contributed by atoms with van der Waals surface area (Å²) in [4.78, 5) is 20.5. The third kappa shape index (κ3) is 3.92. The van der Waals surface area contributed by atoms with Crippen molar-refractivity contribution in [3.8, 4) is 28.8 Å². The molecule has 1 aromatic carbocycles. The number of anilines is 2. The number of aromatic amines is 1. The summed E-state index contributed by atoms with van der Waals surface area (Å²) in [6.07, 6.45) is 3.41. The van der Waals surface area contributed by atoms with Gasteiger partial charge in [-0.1, -0.05) is 29.5 Å². The summed E-state index contributed by atoms with van der Waals surface area (Å²) < 4.78 is 32.3. The Bertz CT molecular complexity index is 1340. The Morgan fingerprint density at radius 1 is 1.26 bits per heavy atom. The molecule has 2 aliphatic rings. The maximum atomic E-state index is 13.4. The number of alkyl halides is 2. The summed E-state index contributed by atoms with van der Waals surface area (Å²) in [6, 6.07) is 7.09. The summed E-state index contributed by atoms with van der Waals surface area (Å²) in [5, 5.41) is 3.78. The number of ether oxygens (including phenoxy) is 1. The highest BCUT2D eigenvalue weighted by Gasteiger charge is 2.50. The van der Waals surface area contributed by atoms with Crippen LogP contribution in [0.2, 0.25) is 5.02 Å². The summed E-state index contributed by atoms with van der Waals surface area (Å²) in [5.74, 6) is 6.21. The van der Waals surface area contributed by atoms with E-state index in [4.69, 9.17) is 16.3 Å². The highest BCUT2D eigenvalue weighted by atomic mass is 35.5. The monoisotopic (exact) mass is 481 g/mol. The molecule has 0 amide bonds. The second-order valence-corrected chi connectivity index (χ2v) is 8.99. The van der Waals surface area contributed by atoms with E-state index in [1.165, 1.54) is 7.11 Å². The predicted molar refractivity (Wildman–Crippen MR) is 127 cm³/mol. The molecule has 2 N–H and O–H groups in total. The molecule has 0 unspecified atom stereocenters. The number of ketones is 1. The van der Waals surface area contributed by atoms with Crippen LogP contribution in [0.15, 0.2) is 36.7 Å². The van der Waals surface area contributed by atoms with Crippen molar-refractivity contribution in [2.45, 2.75) is 38.5 Å². The maximum absolute atomic E-state index is 13.4. The van der Waals surface area contributed by atoms with E-state index in [0.29, 0.717) is 63.8 Å². The number of rotatable bonds is 5. The van der Waals surface area contributed by atoms with Crippen molar-refractivity contribution in [3.05, 3.63) is 58.5 Å². The fourth-order valence-corrected chi connectivity index (χ4v) is 4.56. The van der Waals surface area contributed by atoms with Gasteiger partial charge < -0.3 is 15.0 Å². The van der Waals surface area contributed by atoms with Gasteiger partial charge in [0.15, 0.2) is 11.5 Å². The van der Waals surface area contributed by atoms with E-state index < -0.39 is 11.8 Å². The molecule has 34 heavy (non-hydrogen) atoms. The van der Waals surface area contributed by atoms with Crippen molar-refractivity contribution in [3.63, 3.8) is 0 Å². The van der Waals surface area contributed by atoms with Crippen LogP contribution in [-0.4, -0.2) is 29.3 Å². The highest BCUT2D eigenvalue weighted by Crippen LogP contribution is 2.50. The number of aromatic nitrogens is 2. The number of benzene rings is 1. The van der Waals surface area contributed by atoms with Gasteiger partial charge in [-0.3, -0.25) is 9.78 Å². The van der Waals surface area contributed by atoms with E-state index in [1.807, 2.05) is 6.07 Å². The second-order valence-electron chi connectivity index (χ2n) is 8.58. The number of nitrogens with zero attached hydrogens (tertiary/aromatic N) is 1. The number of H-pyrrole nitrogens is 1. The molecule has 0 saturated heterocycles. The lowest BCUT2D eigenvalue weighted by molar-refractivity contribution is 0.0921. The summed E-state index contributed by atoms with van der Waals surface area (Å²) in [5.41, 5.74) is 3.22. The number of pyridine rings is 1. The first kappa shape index (κ1) is 22.4. The van der Waals surface area contributed by atoms with Crippen molar-refractivity contribution in [2.75, 3.05) is 12.4 Å². The number of hydrogen-bond acceptors (Lipinski definition) is 4. The van der Waals surface area contributed by atoms with E-state index in [9.17, 15) is 13.6 Å². The quantitative estimate of drug-likeness (QED) is 0.414. The topological polar surface area (TPSA) is 67.0 Å². The molecule has 0 bridgehead atoms. The number of Topliss-reactive ketones (excluding diaryl/α,β-unsaturated/α-hetero) is 1. The largest absolute Gasteiger partial charge is 0.493 e. The number of halogens is 3. The molecule has 2 aliphatic carbocycles. The molecule has 2 aromatic heterocycles. The van der Waals surface area contributed by atoms with Gasteiger partial charge in [-0.2, -0.15) is 0 Å². The smallest absolute Gasteiger partial charge is 0.254 e. The third-order valence-corrected chi connectivity index (χ3v) is 6.66. The maximum Gasteiger partial charge on any atom is 0.254 e. The van der Waals surface area contributed by atoms with Crippen molar-refractivity contribution >= 4 is 28.8 Å². The van der Waals surface area contributed by atoms with Gasteiger partial charge in [0.2, 0.25) is 0 Å². The Kier molecular flexibility index (Phi) is 5.78. The predicted octanol–water partition coefficient (Wildman–Crippen LogP) is 6.40. The zero-order valence-corrected chi connectivity index (χ0v) is 19.2. The molecule has 0 spiro atoms. The van der Waals surface area contributed by atoms with Gasteiger partial charge in [-0.05, 0) is 43.9 Å². The SMILES string of the molecule is COc1c(Cl)cccc1Nc1c(-c2ccncc2C#CC2(C(F)F)CC2)[nH]c2c1C(=O)CCC2. The molecule has 8 heteroatoms. The number of aryl methyl sites for hydroxylation is 1. The first-order valence-corrected chi connectivity index (χ1v) is 11.4. The van der Waals surface area contributed by atoms with E-state index >= 15 is 0 Å². The third-order valence-electron chi connectivity index (χ3n) is 6.36. The van der Waals surface area contributed by atoms with E-state index in [2.05, 4.69) is 27.1 Å². The second kappa shape index (κ2) is 8.77. The average molecular weight is 482 g/mol. The van der Waals surface area contributed by atoms with Crippen LogP contribution in [0, 0.1) is 17.3 Å². The number of fused-ring (bicyclic) bond motifs is 1. The van der Waals surface area contributed by atoms with Gasteiger partial charge in [-0.15, -0.1) is 0 Å². The minimum Gasteiger partial charge on any atom is -0.493 e. The zero-order chi connectivity index (χ0) is 23.9. The lowest BCUT2D eigenvalue weighted by atomic mass is 9.94. The molecule has 0 aliphatic heterocycles. The standard InChI is InChI=1S/C26H22ClF2N3O2/c1-34-24-17(27)4-2-6-19(24)32-23-21-18(5-3-7-20(21)33)31-22(23)16-9-13-30-14-15(16)8-10-26(11-12-26)25(28)29/h2,4,6,9,13-14,25,31-32H,3,5,7,11-12H2,1H3. The lowest BCUT2D eigenvalue weighted by Crippen LogP contribution is -2.11. The summed E-state index contributed by atoms with van der Waals surface area (Å²) in [7, 11) is 1.53. The van der Waals surface area contributed by atoms with Crippen LogP contribution in [0.25, 0.3) is 11.3 Å². The Morgan fingerprint density at radius 3 is 2.82 bits per heavy atom. The van der Waals surface area contributed by atoms with Crippen LogP contribution in [0.3, 0.4) is 0 Å². The molecule has 174 valence electrons. The lowest BCUT2D eigenvalue weighted by Gasteiger charge is -2.16. The van der Waals surface area contributed by atoms with E-state index in [1.54, 1.807) is 30.6 Å². The van der Waals surface area contributed by atoms with Crippen LogP contribution in [-0.2, 0) is 6.42 Å². The van der Waals surface area contributed by atoms with Crippen molar-refractivity contribution in [1.82, 2.24) is 9.97 Å². The Labute approximate surface area is 200 Å². The Balaban J connectivity index is 1.65. The number of methoxy groups -OCH3 is 1. The molecule has 0 atom stereocenters. The molecular weight excluding hydrogens is 460 g/mol. The Morgan fingerprint density at radius 2 is 2.09 bits per heavy atom. The van der Waals surface area contributed by atoms with Crippen LogP contribution >= 0.6 is 11.6 Å². The number of carbonyl (C=O) groups excluding carboxylic acids is 1. The van der Waals surface area contributed by atoms with Gasteiger partial charge in [0.05, 0.1) is 45.7 Å². The van der Waals surface area contributed by atoms with Gasteiger partial charge >= 0.3 is 0 Å². The van der Waals surface area contributed by atoms with E-state index in [-0.39, 0.29) is 5.78 Å². The number of carbonyl (C=O) groups is 1. The fourth-order valence-electron chi connectivity index (χ4n) is 4.31. The highest BCUT2D eigenvalue weighted by molar-refractivity contribution is 6.32. The van der Waals surface area contributed by atoms with Crippen LogP contribution in [0.4, 0.5) is 20.2 Å². The minimum atomic E-state index is -2.48. The fraction of sp³-hybridized carbons (Fsp3) is 0.308. The molecule has 1 saturated carbocycles. The first-order chi connectivity index (χ1) is 16.4. The van der Waals surface area contributed by atoms with Crippen LogP contribution in [0.1, 0.15) is 47.3 Å².